The number of hydrogen-bond donors (Lipinski definition) is 2. The molecule has 2 aliphatic carbocycles. The van der Waals surface area contributed by atoms with Crippen LogP contribution in [0.25, 0.3) is 0 Å². The molecule has 7 atom stereocenters. The van der Waals surface area contributed by atoms with E-state index in [1.807, 2.05) is 13.8 Å². The molecule has 3 aliphatic rings. The van der Waals surface area contributed by atoms with Gasteiger partial charge in [-0.05, 0) is 52.4 Å². The second-order valence-corrected chi connectivity index (χ2v) is 8.54. The fourth-order valence-electron chi connectivity index (χ4n) is 4.96. The lowest BCUT2D eigenvalue weighted by atomic mass is 9.64. The molecule has 0 spiro atoms. The zero-order chi connectivity index (χ0) is 17.5. The fourth-order valence-corrected chi connectivity index (χ4v) is 5.28. The summed E-state index contributed by atoms with van der Waals surface area (Å²) in [7, 11) is 1.74. The molecule has 0 aromatic rings. The molecule has 2 fully saturated rings. The van der Waals surface area contributed by atoms with E-state index in [2.05, 4.69) is 4.99 Å². The van der Waals surface area contributed by atoms with Gasteiger partial charge in [0.05, 0.1) is 24.4 Å². The van der Waals surface area contributed by atoms with Gasteiger partial charge >= 0.3 is 0 Å². The van der Waals surface area contributed by atoms with Crippen molar-refractivity contribution in [2.75, 3.05) is 7.11 Å². The van der Waals surface area contributed by atoms with Crippen molar-refractivity contribution in [3.63, 3.8) is 0 Å². The Bertz CT molecular complexity index is 487. The lowest BCUT2D eigenvalue weighted by Gasteiger charge is -2.47. The van der Waals surface area contributed by atoms with Crippen molar-refractivity contribution < 1.29 is 14.6 Å². The molecule has 2 saturated carbocycles. The maximum atomic E-state index is 11.7. The van der Waals surface area contributed by atoms with Crippen LogP contribution in [0.5, 0.6) is 0 Å². The molecule has 0 radical (unpaired) electrons. The summed E-state index contributed by atoms with van der Waals surface area (Å²) in [5.41, 5.74) is 5.16. The second-order valence-electron chi connectivity index (χ2n) is 7.92. The van der Waals surface area contributed by atoms with Crippen LogP contribution in [-0.2, 0) is 9.47 Å². The highest BCUT2D eigenvalue weighted by Gasteiger charge is 2.59. The van der Waals surface area contributed by atoms with Crippen LogP contribution in [-0.4, -0.2) is 53.4 Å². The second kappa shape index (κ2) is 7.10. The smallest absolute Gasteiger partial charge is 0.131 e. The number of nitrogens with zero attached hydrogens (tertiary/aromatic N) is 1. The Kier molecular flexibility index (Phi) is 5.45. The fraction of sp³-hybridized carbons (Fsp3) is 0.944. The number of ether oxygens (including phenoxy) is 2. The van der Waals surface area contributed by atoms with E-state index >= 15 is 0 Å². The van der Waals surface area contributed by atoms with Gasteiger partial charge in [-0.15, -0.1) is 11.6 Å². The largest absolute Gasteiger partial charge is 0.385 e. The first kappa shape index (κ1) is 18.4. The van der Waals surface area contributed by atoms with Gasteiger partial charge in [-0.25, -0.2) is 0 Å². The van der Waals surface area contributed by atoms with Crippen molar-refractivity contribution in [3.8, 4) is 0 Å². The Morgan fingerprint density at radius 1 is 1.21 bits per heavy atom. The summed E-state index contributed by atoms with van der Waals surface area (Å²) in [6.07, 6.45) is 5.39. The van der Waals surface area contributed by atoms with E-state index in [0.717, 1.165) is 38.5 Å². The van der Waals surface area contributed by atoms with Crippen LogP contribution >= 0.6 is 11.6 Å². The number of halogens is 1. The Balaban J connectivity index is 1.90. The van der Waals surface area contributed by atoms with E-state index in [0.29, 0.717) is 5.84 Å². The lowest BCUT2D eigenvalue weighted by molar-refractivity contribution is -0.140. The normalized spacial score (nSPS) is 46.0. The average molecular weight is 359 g/mol. The molecular formula is C18H31ClN2O3. The lowest BCUT2D eigenvalue weighted by Crippen LogP contribution is -2.60. The summed E-state index contributed by atoms with van der Waals surface area (Å²) in [6.45, 7) is 4.07. The zero-order valence-electron chi connectivity index (χ0n) is 15.0. The molecule has 0 saturated heterocycles. The predicted octanol–water partition coefficient (Wildman–Crippen LogP) is 2.47. The molecule has 3 N–H and O–H groups in total. The predicted molar refractivity (Wildman–Crippen MR) is 95.5 cm³/mol. The van der Waals surface area contributed by atoms with Crippen molar-refractivity contribution in [2.24, 2.45) is 22.6 Å². The van der Waals surface area contributed by atoms with Gasteiger partial charge in [-0.2, -0.15) is 0 Å². The first-order valence-electron chi connectivity index (χ1n) is 9.24. The summed E-state index contributed by atoms with van der Waals surface area (Å²) in [4.78, 5) is 4.63. The number of methoxy groups -OCH3 is 1. The van der Waals surface area contributed by atoms with Crippen LogP contribution in [0, 0.1) is 11.8 Å². The van der Waals surface area contributed by atoms with E-state index in [9.17, 15) is 5.11 Å². The number of aliphatic hydroxyl groups is 1. The number of fused-ring (bicyclic) bond motifs is 1. The van der Waals surface area contributed by atoms with E-state index in [4.69, 9.17) is 26.8 Å². The van der Waals surface area contributed by atoms with E-state index < -0.39 is 5.60 Å². The maximum absolute atomic E-state index is 11.7. The van der Waals surface area contributed by atoms with Gasteiger partial charge in [0.2, 0.25) is 0 Å². The third-order valence-corrected chi connectivity index (χ3v) is 6.51. The summed E-state index contributed by atoms with van der Waals surface area (Å²) in [5, 5.41) is 11.8. The molecule has 7 unspecified atom stereocenters. The minimum absolute atomic E-state index is 0.00683. The van der Waals surface area contributed by atoms with Crippen LogP contribution in [0.4, 0.5) is 0 Å². The van der Waals surface area contributed by atoms with Crippen LogP contribution in [0.1, 0.15) is 52.4 Å². The van der Waals surface area contributed by atoms with Gasteiger partial charge < -0.3 is 20.3 Å². The van der Waals surface area contributed by atoms with Crippen LogP contribution in [0.3, 0.4) is 0 Å². The highest BCUT2D eigenvalue weighted by atomic mass is 35.5. The molecule has 3 rings (SSSR count). The molecule has 138 valence electrons. The van der Waals surface area contributed by atoms with Crippen LogP contribution < -0.4 is 5.73 Å². The number of alkyl halides is 1. The quantitative estimate of drug-likeness (QED) is 0.757. The first-order valence-corrected chi connectivity index (χ1v) is 9.68. The molecule has 0 aromatic carbocycles. The third-order valence-electron chi connectivity index (χ3n) is 6.11. The monoisotopic (exact) mass is 358 g/mol. The molecule has 0 bridgehead atoms. The highest BCUT2D eigenvalue weighted by Crippen LogP contribution is 2.49. The van der Waals surface area contributed by atoms with E-state index in [-0.39, 0.29) is 41.6 Å². The number of amidine groups is 1. The van der Waals surface area contributed by atoms with Crippen molar-refractivity contribution in [3.05, 3.63) is 0 Å². The topological polar surface area (TPSA) is 77.1 Å². The molecular weight excluding hydrogens is 328 g/mol. The first-order chi connectivity index (χ1) is 11.4. The highest BCUT2D eigenvalue weighted by molar-refractivity contribution is 6.20. The standard InChI is InChI=1S/C18H31ClN2O3/c1-10(2)24-16-7-5-12(23-3)9-14(16)18(22)13-8-11(19)4-6-15(13)21-17(18)20/h10-16,22H,4-9H2,1-3H3,(H2,20,21). The van der Waals surface area contributed by atoms with Gasteiger partial charge in [0.25, 0.3) is 0 Å². The van der Waals surface area contributed by atoms with Crippen LogP contribution in [0.15, 0.2) is 4.99 Å². The van der Waals surface area contributed by atoms with Crippen molar-refractivity contribution in [1.82, 2.24) is 0 Å². The van der Waals surface area contributed by atoms with E-state index in [1.54, 1.807) is 7.11 Å². The summed E-state index contributed by atoms with van der Waals surface area (Å²) in [6, 6.07) is 0.0904. The number of aliphatic imine (C=N–C) groups is 1. The molecule has 5 nitrogen and oxygen atoms in total. The Morgan fingerprint density at radius 2 is 1.96 bits per heavy atom. The Morgan fingerprint density at radius 3 is 2.62 bits per heavy atom. The molecule has 0 aromatic heterocycles. The summed E-state index contributed by atoms with van der Waals surface area (Å²) < 4.78 is 11.8. The molecule has 0 amide bonds. The minimum atomic E-state index is -1.13. The van der Waals surface area contributed by atoms with E-state index in [1.165, 1.54) is 0 Å². The van der Waals surface area contributed by atoms with Gasteiger partial charge in [-0.1, -0.05) is 0 Å². The zero-order valence-corrected chi connectivity index (χ0v) is 15.7. The van der Waals surface area contributed by atoms with Gasteiger partial charge in [0, 0.05) is 24.3 Å². The van der Waals surface area contributed by atoms with Gasteiger partial charge in [0.1, 0.15) is 11.4 Å². The SMILES string of the molecule is COC1CCC(OC(C)C)C(C2(O)C(N)=NC3CCC(Cl)CC32)C1. The number of rotatable bonds is 4. The molecule has 1 aliphatic heterocycles. The van der Waals surface area contributed by atoms with Gasteiger partial charge in [-0.3, -0.25) is 4.99 Å². The minimum Gasteiger partial charge on any atom is -0.385 e. The molecule has 24 heavy (non-hydrogen) atoms. The molecule has 6 heteroatoms. The maximum Gasteiger partial charge on any atom is 0.131 e. The summed E-state index contributed by atoms with van der Waals surface area (Å²) >= 11 is 6.42. The number of hydrogen-bond acceptors (Lipinski definition) is 5. The third kappa shape index (κ3) is 3.20. The van der Waals surface area contributed by atoms with Crippen molar-refractivity contribution in [2.45, 2.75) is 87.7 Å². The number of nitrogens with two attached hydrogens (primary N) is 1. The molecule has 1 heterocycles. The van der Waals surface area contributed by atoms with Crippen LogP contribution in [0.2, 0.25) is 0 Å². The summed E-state index contributed by atoms with van der Waals surface area (Å²) in [5.74, 6) is 0.273. The average Bonchev–Trinajstić information content (AvgIpc) is 2.79. The van der Waals surface area contributed by atoms with Crippen molar-refractivity contribution >= 4 is 17.4 Å². The Hall–Kier alpha value is -0.360. The Labute approximate surface area is 149 Å². The van der Waals surface area contributed by atoms with Gasteiger partial charge in [0.15, 0.2) is 0 Å². The van der Waals surface area contributed by atoms with Crippen molar-refractivity contribution in [1.29, 1.82) is 0 Å².